The SMILES string of the molecule is O=c1c2c(ccc3ccccc32)cnn1Cc1ccccc1. The molecule has 1 aromatic heterocycles. The summed E-state index contributed by atoms with van der Waals surface area (Å²) in [6.45, 7) is 0.485. The van der Waals surface area contributed by atoms with Crippen molar-refractivity contribution in [1.29, 1.82) is 0 Å². The molecule has 0 atom stereocenters. The van der Waals surface area contributed by atoms with E-state index in [4.69, 9.17) is 0 Å². The second kappa shape index (κ2) is 5.11. The van der Waals surface area contributed by atoms with E-state index in [1.54, 1.807) is 6.20 Å². The summed E-state index contributed by atoms with van der Waals surface area (Å²) in [5.74, 6) is 0. The Hall–Kier alpha value is -2.94. The number of benzene rings is 3. The largest absolute Gasteiger partial charge is 0.275 e. The van der Waals surface area contributed by atoms with Crippen LogP contribution in [0, 0.1) is 0 Å². The molecule has 0 aliphatic heterocycles. The van der Waals surface area contributed by atoms with E-state index in [2.05, 4.69) is 5.10 Å². The van der Waals surface area contributed by atoms with Crippen molar-refractivity contribution in [2.24, 2.45) is 0 Å². The molecule has 0 unspecified atom stereocenters. The van der Waals surface area contributed by atoms with Gasteiger partial charge in [0.2, 0.25) is 0 Å². The minimum atomic E-state index is -0.0434. The fraction of sp³-hybridized carbons (Fsp3) is 0.0526. The predicted molar refractivity (Wildman–Crippen MR) is 89.1 cm³/mol. The molecule has 0 aliphatic carbocycles. The highest BCUT2D eigenvalue weighted by Crippen LogP contribution is 2.21. The van der Waals surface area contributed by atoms with Gasteiger partial charge >= 0.3 is 0 Å². The van der Waals surface area contributed by atoms with E-state index in [0.29, 0.717) is 6.54 Å². The van der Waals surface area contributed by atoms with Crippen LogP contribution >= 0.6 is 0 Å². The van der Waals surface area contributed by atoms with Gasteiger partial charge < -0.3 is 0 Å². The van der Waals surface area contributed by atoms with E-state index in [0.717, 1.165) is 27.1 Å². The molecule has 0 saturated carbocycles. The Kier molecular flexibility index (Phi) is 2.97. The molecule has 3 heteroatoms. The molecule has 0 radical (unpaired) electrons. The molecule has 0 N–H and O–H groups in total. The Morgan fingerprint density at radius 1 is 0.818 bits per heavy atom. The summed E-state index contributed by atoms with van der Waals surface area (Å²) >= 11 is 0. The van der Waals surface area contributed by atoms with Gasteiger partial charge in [-0.2, -0.15) is 5.10 Å². The van der Waals surface area contributed by atoms with Crippen molar-refractivity contribution in [2.45, 2.75) is 6.54 Å². The van der Waals surface area contributed by atoms with Gasteiger partial charge in [0.1, 0.15) is 0 Å². The molecule has 0 aliphatic rings. The molecule has 0 spiro atoms. The summed E-state index contributed by atoms with van der Waals surface area (Å²) < 4.78 is 1.53. The summed E-state index contributed by atoms with van der Waals surface area (Å²) in [7, 11) is 0. The van der Waals surface area contributed by atoms with Gasteiger partial charge in [0.15, 0.2) is 0 Å². The van der Waals surface area contributed by atoms with E-state index in [1.807, 2.05) is 66.7 Å². The van der Waals surface area contributed by atoms with Gasteiger partial charge in [-0.15, -0.1) is 0 Å². The number of hydrogen-bond donors (Lipinski definition) is 0. The Balaban J connectivity index is 1.96. The molecule has 106 valence electrons. The first-order chi connectivity index (χ1) is 10.8. The Bertz CT molecular complexity index is 1020. The van der Waals surface area contributed by atoms with Crippen molar-refractivity contribution < 1.29 is 0 Å². The standard InChI is InChI=1S/C19H14N2O/c22-19-18-16(11-10-15-8-4-5-9-17(15)18)12-20-21(19)13-14-6-2-1-3-7-14/h1-12H,13H2. The normalized spacial score (nSPS) is 11.1. The Morgan fingerprint density at radius 3 is 2.41 bits per heavy atom. The molecule has 4 aromatic rings. The van der Waals surface area contributed by atoms with Crippen LogP contribution < -0.4 is 5.56 Å². The van der Waals surface area contributed by atoms with Crippen LogP contribution in [0.25, 0.3) is 21.5 Å². The third-order valence-electron chi connectivity index (χ3n) is 3.92. The maximum Gasteiger partial charge on any atom is 0.275 e. The Labute approximate surface area is 127 Å². The minimum Gasteiger partial charge on any atom is -0.267 e. The number of aromatic nitrogens is 2. The summed E-state index contributed by atoms with van der Waals surface area (Å²) in [6.07, 6.45) is 1.77. The average Bonchev–Trinajstić information content (AvgIpc) is 2.58. The number of fused-ring (bicyclic) bond motifs is 3. The van der Waals surface area contributed by atoms with Crippen LogP contribution in [-0.4, -0.2) is 9.78 Å². The second-order valence-corrected chi connectivity index (χ2v) is 5.34. The van der Waals surface area contributed by atoms with Gasteiger partial charge in [0.05, 0.1) is 18.1 Å². The van der Waals surface area contributed by atoms with E-state index >= 15 is 0 Å². The third-order valence-corrected chi connectivity index (χ3v) is 3.92. The van der Waals surface area contributed by atoms with E-state index in [-0.39, 0.29) is 5.56 Å². The zero-order valence-electron chi connectivity index (χ0n) is 11.9. The molecule has 4 rings (SSSR count). The average molecular weight is 286 g/mol. The summed E-state index contributed by atoms with van der Waals surface area (Å²) in [5, 5.41) is 7.99. The van der Waals surface area contributed by atoms with Gasteiger partial charge in [-0.3, -0.25) is 4.79 Å². The van der Waals surface area contributed by atoms with Gasteiger partial charge in [0, 0.05) is 5.39 Å². The first-order valence-electron chi connectivity index (χ1n) is 7.24. The summed E-state index contributed by atoms with van der Waals surface area (Å²) in [4.78, 5) is 12.8. The summed E-state index contributed by atoms with van der Waals surface area (Å²) in [6, 6.07) is 21.9. The van der Waals surface area contributed by atoms with Crippen molar-refractivity contribution in [3.63, 3.8) is 0 Å². The first-order valence-corrected chi connectivity index (χ1v) is 7.24. The van der Waals surface area contributed by atoms with E-state index in [9.17, 15) is 4.79 Å². The van der Waals surface area contributed by atoms with Crippen molar-refractivity contribution in [3.05, 3.63) is 88.8 Å². The Morgan fingerprint density at radius 2 is 1.55 bits per heavy atom. The lowest BCUT2D eigenvalue weighted by atomic mass is 10.0. The van der Waals surface area contributed by atoms with Crippen LogP contribution in [0.15, 0.2) is 77.7 Å². The molecule has 22 heavy (non-hydrogen) atoms. The fourth-order valence-electron chi connectivity index (χ4n) is 2.82. The maximum absolute atomic E-state index is 12.8. The van der Waals surface area contributed by atoms with Crippen LogP contribution in [0.2, 0.25) is 0 Å². The van der Waals surface area contributed by atoms with Crippen molar-refractivity contribution >= 4 is 21.5 Å². The molecule has 0 amide bonds. The second-order valence-electron chi connectivity index (χ2n) is 5.34. The zero-order valence-corrected chi connectivity index (χ0v) is 11.9. The molecule has 0 bridgehead atoms. The maximum atomic E-state index is 12.8. The molecule has 3 nitrogen and oxygen atoms in total. The van der Waals surface area contributed by atoms with Gasteiger partial charge in [-0.1, -0.05) is 66.7 Å². The molecule has 0 fully saturated rings. The van der Waals surface area contributed by atoms with Crippen molar-refractivity contribution in [2.75, 3.05) is 0 Å². The summed E-state index contributed by atoms with van der Waals surface area (Å²) in [5.41, 5.74) is 1.02. The molecular formula is C19H14N2O. The highest BCUT2D eigenvalue weighted by molar-refractivity contribution is 6.06. The zero-order chi connectivity index (χ0) is 14.9. The van der Waals surface area contributed by atoms with Crippen LogP contribution in [0.3, 0.4) is 0 Å². The number of rotatable bonds is 2. The highest BCUT2D eigenvalue weighted by Gasteiger charge is 2.08. The van der Waals surface area contributed by atoms with Gasteiger partial charge in [0.25, 0.3) is 5.56 Å². The van der Waals surface area contributed by atoms with Gasteiger partial charge in [-0.05, 0) is 16.3 Å². The van der Waals surface area contributed by atoms with Crippen molar-refractivity contribution in [3.8, 4) is 0 Å². The first kappa shape index (κ1) is 12.8. The smallest absolute Gasteiger partial charge is 0.267 e. The highest BCUT2D eigenvalue weighted by atomic mass is 16.1. The molecule has 0 saturated heterocycles. The quantitative estimate of drug-likeness (QED) is 0.528. The fourth-order valence-corrected chi connectivity index (χ4v) is 2.82. The molecule has 1 heterocycles. The predicted octanol–water partition coefficient (Wildman–Crippen LogP) is 3.60. The van der Waals surface area contributed by atoms with Crippen LogP contribution in [0.4, 0.5) is 0 Å². The lowest BCUT2D eigenvalue weighted by Crippen LogP contribution is -2.23. The van der Waals surface area contributed by atoms with Crippen molar-refractivity contribution in [1.82, 2.24) is 9.78 Å². The van der Waals surface area contributed by atoms with E-state index < -0.39 is 0 Å². The topological polar surface area (TPSA) is 34.9 Å². The monoisotopic (exact) mass is 286 g/mol. The van der Waals surface area contributed by atoms with Crippen LogP contribution in [0.5, 0.6) is 0 Å². The number of hydrogen-bond acceptors (Lipinski definition) is 2. The van der Waals surface area contributed by atoms with E-state index in [1.165, 1.54) is 4.68 Å². The minimum absolute atomic E-state index is 0.0434. The van der Waals surface area contributed by atoms with Gasteiger partial charge in [-0.25, -0.2) is 4.68 Å². The third kappa shape index (κ3) is 2.07. The molecular weight excluding hydrogens is 272 g/mol. The lowest BCUT2D eigenvalue weighted by molar-refractivity contribution is 0.648. The van der Waals surface area contributed by atoms with Crippen LogP contribution in [0.1, 0.15) is 5.56 Å². The molecule has 3 aromatic carbocycles. The lowest BCUT2D eigenvalue weighted by Gasteiger charge is -2.08. The number of nitrogens with zero attached hydrogens (tertiary/aromatic N) is 2. The van der Waals surface area contributed by atoms with Crippen LogP contribution in [-0.2, 0) is 6.54 Å².